The van der Waals surface area contributed by atoms with E-state index in [9.17, 15) is 4.79 Å². The molecule has 134 valence electrons. The van der Waals surface area contributed by atoms with Gasteiger partial charge in [-0.3, -0.25) is 4.79 Å². The van der Waals surface area contributed by atoms with Crippen molar-refractivity contribution >= 4 is 23.2 Å². The summed E-state index contributed by atoms with van der Waals surface area (Å²) in [5, 5.41) is 3.50. The minimum atomic E-state index is -0.617. The zero-order valence-corrected chi connectivity index (χ0v) is 15.5. The molecule has 0 saturated carbocycles. The number of carbonyl (C=O) groups is 1. The molecule has 1 atom stereocenters. The molecular weight excluding hydrogens is 342 g/mol. The summed E-state index contributed by atoms with van der Waals surface area (Å²) in [7, 11) is 3.11. The Labute approximate surface area is 152 Å². The van der Waals surface area contributed by atoms with E-state index in [1.807, 2.05) is 19.9 Å². The lowest BCUT2D eigenvalue weighted by molar-refractivity contribution is -0.122. The van der Waals surface area contributed by atoms with E-state index < -0.39 is 6.10 Å². The maximum Gasteiger partial charge on any atom is 0.265 e. The molecular formula is C19H22ClNO4. The maximum absolute atomic E-state index is 12.5. The lowest BCUT2D eigenvalue weighted by Crippen LogP contribution is -2.32. The zero-order chi connectivity index (χ0) is 18.4. The number of hydrogen-bond donors (Lipinski definition) is 1. The molecule has 0 radical (unpaired) electrons. The fourth-order valence-electron chi connectivity index (χ4n) is 2.31. The van der Waals surface area contributed by atoms with Crippen LogP contribution in [0.15, 0.2) is 36.4 Å². The number of carbonyl (C=O) groups excluding carboxylic acids is 1. The number of nitrogens with one attached hydrogen (secondary N) is 1. The average Bonchev–Trinajstić information content (AvgIpc) is 2.62. The van der Waals surface area contributed by atoms with Crippen LogP contribution in [0.2, 0.25) is 5.02 Å². The van der Waals surface area contributed by atoms with Crippen LogP contribution < -0.4 is 19.5 Å². The van der Waals surface area contributed by atoms with Gasteiger partial charge in [0.2, 0.25) is 0 Å². The molecule has 0 aliphatic rings. The van der Waals surface area contributed by atoms with Crippen molar-refractivity contribution in [2.75, 3.05) is 19.5 Å². The van der Waals surface area contributed by atoms with Gasteiger partial charge in [0.05, 0.1) is 14.2 Å². The van der Waals surface area contributed by atoms with Crippen LogP contribution in [-0.2, 0) is 4.79 Å². The Balaban J connectivity index is 2.10. The summed E-state index contributed by atoms with van der Waals surface area (Å²) < 4.78 is 16.2. The topological polar surface area (TPSA) is 56.8 Å². The van der Waals surface area contributed by atoms with Crippen LogP contribution in [0.4, 0.5) is 5.69 Å². The van der Waals surface area contributed by atoms with Crippen LogP contribution >= 0.6 is 11.6 Å². The highest BCUT2D eigenvalue weighted by atomic mass is 35.5. The fourth-order valence-corrected chi connectivity index (χ4v) is 2.43. The number of anilines is 1. The molecule has 0 aliphatic carbocycles. The van der Waals surface area contributed by atoms with Crippen LogP contribution in [0.1, 0.15) is 18.9 Å². The Morgan fingerprint density at radius 2 is 1.84 bits per heavy atom. The molecule has 0 heterocycles. The van der Waals surface area contributed by atoms with Gasteiger partial charge in [-0.1, -0.05) is 18.5 Å². The number of ether oxygens (including phenoxy) is 3. The summed E-state index contributed by atoms with van der Waals surface area (Å²) >= 11 is 6.02. The second-order valence-electron chi connectivity index (χ2n) is 5.48. The minimum Gasteiger partial charge on any atom is -0.493 e. The molecule has 0 saturated heterocycles. The molecule has 2 rings (SSSR count). The van der Waals surface area contributed by atoms with E-state index in [1.165, 1.54) is 0 Å². The van der Waals surface area contributed by atoms with Crippen molar-refractivity contribution in [3.8, 4) is 17.2 Å². The minimum absolute atomic E-state index is 0.234. The van der Waals surface area contributed by atoms with E-state index in [4.69, 9.17) is 25.8 Å². The Hall–Kier alpha value is -2.40. The van der Waals surface area contributed by atoms with E-state index >= 15 is 0 Å². The van der Waals surface area contributed by atoms with Crippen LogP contribution in [0.25, 0.3) is 0 Å². The third kappa shape index (κ3) is 4.79. The molecule has 2 aromatic carbocycles. The van der Waals surface area contributed by atoms with Crippen molar-refractivity contribution < 1.29 is 19.0 Å². The molecule has 5 nitrogen and oxygen atoms in total. The molecule has 1 amide bonds. The highest BCUT2D eigenvalue weighted by molar-refractivity contribution is 6.31. The SMILES string of the molecule is CCC(Oc1ccc(Cl)c(C)c1)C(=O)Nc1ccc(OC)c(OC)c1. The Kier molecular flexibility index (Phi) is 6.53. The number of amides is 1. The molecule has 6 heteroatoms. The number of rotatable bonds is 7. The van der Waals surface area contributed by atoms with Gasteiger partial charge in [0.15, 0.2) is 17.6 Å². The van der Waals surface area contributed by atoms with Crippen LogP contribution in [0.5, 0.6) is 17.2 Å². The number of aryl methyl sites for hydroxylation is 1. The Morgan fingerprint density at radius 1 is 1.12 bits per heavy atom. The first-order chi connectivity index (χ1) is 12.0. The number of benzene rings is 2. The number of methoxy groups -OCH3 is 2. The second kappa shape index (κ2) is 8.62. The van der Waals surface area contributed by atoms with Crippen molar-refractivity contribution in [1.82, 2.24) is 0 Å². The summed E-state index contributed by atoms with van der Waals surface area (Å²) in [6.07, 6.45) is -0.0884. The third-order valence-electron chi connectivity index (χ3n) is 3.72. The Bertz CT molecular complexity index is 748. The molecule has 2 aromatic rings. The lowest BCUT2D eigenvalue weighted by atomic mass is 10.2. The van der Waals surface area contributed by atoms with Gasteiger partial charge in [-0.05, 0) is 49.2 Å². The Morgan fingerprint density at radius 3 is 2.44 bits per heavy atom. The first kappa shape index (κ1) is 18.9. The molecule has 25 heavy (non-hydrogen) atoms. The van der Waals surface area contributed by atoms with Gasteiger partial charge >= 0.3 is 0 Å². The zero-order valence-electron chi connectivity index (χ0n) is 14.8. The fraction of sp³-hybridized carbons (Fsp3) is 0.316. The largest absolute Gasteiger partial charge is 0.493 e. The van der Waals surface area contributed by atoms with Gasteiger partial charge in [0.25, 0.3) is 5.91 Å². The highest BCUT2D eigenvalue weighted by Gasteiger charge is 2.19. The highest BCUT2D eigenvalue weighted by Crippen LogP contribution is 2.30. The molecule has 0 fully saturated rings. The summed E-state index contributed by atoms with van der Waals surface area (Å²) in [5.41, 5.74) is 1.51. The average molecular weight is 364 g/mol. The molecule has 0 aliphatic heterocycles. The van der Waals surface area contributed by atoms with Gasteiger partial charge in [-0.15, -0.1) is 0 Å². The van der Waals surface area contributed by atoms with Crippen molar-refractivity contribution in [3.05, 3.63) is 47.0 Å². The van der Waals surface area contributed by atoms with Gasteiger partial charge in [0.1, 0.15) is 5.75 Å². The standard InChI is InChI=1S/C19H22ClNO4/c1-5-16(25-14-7-8-15(20)12(2)10-14)19(22)21-13-6-9-17(23-3)18(11-13)24-4/h6-11,16H,5H2,1-4H3,(H,21,22). The summed E-state index contributed by atoms with van der Waals surface area (Å²) in [6, 6.07) is 10.5. The van der Waals surface area contributed by atoms with Gasteiger partial charge in [-0.2, -0.15) is 0 Å². The van der Waals surface area contributed by atoms with Crippen molar-refractivity contribution in [1.29, 1.82) is 0 Å². The van der Waals surface area contributed by atoms with Gasteiger partial charge in [-0.25, -0.2) is 0 Å². The van der Waals surface area contributed by atoms with E-state index in [0.717, 1.165) is 5.56 Å². The van der Waals surface area contributed by atoms with Gasteiger partial charge in [0, 0.05) is 16.8 Å². The quantitative estimate of drug-likeness (QED) is 0.789. The van der Waals surface area contributed by atoms with Crippen LogP contribution in [-0.4, -0.2) is 26.2 Å². The van der Waals surface area contributed by atoms with E-state index in [2.05, 4.69) is 5.32 Å². The monoisotopic (exact) mass is 363 g/mol. The van der Waals surface area contributed by atoms with Crippen LogP contribution in [0.3, 0.4) is 0 Å². The smallest absolute Gasteiger partial charge is 0.265 e. The molecule has 0 aromatic heterocycles. The molecule has 1 unspecified atom stereocenters. The first-order valence-corrected chi connectivity index (χ1v) is 8.32. The predicted octanol–water partition coefficient (Wildman–Crippen LogP) is 4.46. The van der Waals surface area contributed by atoms with Crippen molar-refractivity contribution in [3.63, 3.8) is 0 Å². The van der Waals surface area contributed by atoms with E-state index in [1.54, 1.807) is 44.6 Å². The van der Waals surface area contributed by atoms with E-state index in [0.29, 0.717) is 34.4 Å². The number of hydrogen-bond acceptors (Lipinski definition) is 4. The summed E-state index contributed by atoms with van der Waals surface area (Å²) in [6.45, 7) is 3.78. The molecule has 1 N–H and O–H groups in total. The predicted molar refractivity (Wildman–Crippen MR) is 99.1 cm³/mol. The molecule has 0 spiro atoms. The normalized spacial score (nSPS) is 11.6. The maximum atomic E-state index is 12.5. The van der Waals surface area contributed by atoms with Crippen molar-refractivity contribution in [2.24, 2.45) is 0 Å². The second-order valence-corrected chi connectivity index (χ2v) is 5.89. The summed E-state index contributed by atoms with van der Waals surface area (Å²) in [5.74, 6) is 1.52. The van der Waals surface area contributed by atoms with E-state index in [-0.39, 0.29) is 5.91 Å². The third-order valence-corrected chi connectivity index (χ3v) is 4.15. The van der Waals surface area contributed by atoms with Crippen LogP contribution in [0, 0.1) is 6.92 Å². The molecule has 0 bridgehead atoms. The lowest BCUT2D eigenvalue weighted by Gasteiger charge is -2.18. The van der Waals surface area contributed by atoms with Gasteiger partial charge < -0.3 is 19.5 Å². The van der Waals surface area contributed by atoms with Crippen molar-refractivity contribution in [2.45, 2.75) is 26.4 Å². The summed E-state index contributed by atoms with van der Waals surface area (Å²) in [4.78, 5) is 12.5. The first-order valence-electron chi connectivity index (χ1n) is 7.94. The number of halogens is 1.